The van der Waals surface area contributed by atoms with E-state index in [-0.39, 0.29) is 5.91 Å². The van der Waals surface area contributed by atoms with E-state index in [2.05, 4.69) is 26.2 Å². The zero-order valence-corrected chi connectivity index (χ0v) is 15.2. The first kappa shape index (κ1) is 17.5. The molecule has 0 aliphatic carbocycles. The number of rotatable bonds is 5. The summed E-state index contributed by atoms with van der Waals surface area (Å²) in [7, 11) is 0. The SMILES string of the molecule is CCCNC(=O)c1cc(N2CCN(c3cccc(Cl)c3)CC2)ccn1. The summed E-state index contributed by atoms with van der Waals surface area (Å²) in [5.41, 5.74) is 2.67. The normalized spacial score (nSPS) is 14.5. The summed E-state index contributed by atoms with van der Waals surface area (Å²) in [4.78, 5) is 20.9. The van der Waals surface area contributed by atoms with Crippen molar-refractivity contribution in [3.05, 3.63) is 53.3 Å². The number of aromatic nitrogens is 1. The van der Waals surface area contributed by atoms with Crippen LogP contribution in [-0.4, -0.2) is 43.6 Å². The number of amides is 1. The number of hydrogen-bond acceptors (Lipinski definition) is 4. The molecular weight excluding hydrogens is 336 g/mol. The van der Waals surface area contributed by atoms with Gasteiger partial charge in [-0.25, -0.2) is 0 Å². The quantitative estimate of drug-likeness (QED) is 0.891. The molecule has 1 amide bonds. The summed E-state index contributed by atoms with van der Waals surface area (Å²) in [5, 5.41) is 3.63. The highest BCUT2D eigenvalue weighted by Crippen LogP contribution is 2.23. The van der Waals surface area contributed by atoms with Gasteiger partial charge in [-0.15, -0.1) is 0 Å². The number of carbonyl (C=O) groups is 1. The maximum atomic E-state index is 12.1. The Labute approximate surface area is 153 Å². The zero-order valence-electron chi connectivity index (χ0n) is 14.4. The molecule has 1 aliphatic heterocycles. The second kappa shape index (κ2) is 8.21. The molecule has 1 aliphatic rings. The van der Waals surface area contributed by atoms with Crippen molar-refractivity contribution >= 4 is 28.9 Å². The number of hydrogen-bond donors (Lipinski definition) is 1. The molecule has 2 heterocycles. The van der Waals surface area contributed by atoms with Gasteiger partial charge in [0.2, 0.25) is 0 Å². The zero-order chi connectivity index (χ0) is 17.6. The molecule has 2 aromatic rings. The molecule has 25 heavy (non-hydrogen) atoms. The van der Waals surface area contributed by atoms with Crippen LogP contribution in [0.1, 0.15) is 23.8 Å². The molecule has 5 nitrogen and oxygen atoms in total. The molecule has 0 radical (unpaired) electrons. The molecule has 0 bridgehead atoms. The fourth-order valence-electron chi connectivity index (χ4n) is 2.97. The highest BCUT2D eigenvalue weighted by atomic mass is 35.5. The summed E-state index contributed by atoms with van der Waals surface area (Å²) < 4.78 is 0. The first-order valence-corrected chi connectivity index (χ1v) is 9.05. The Morgan fingerprint density at radius 3 is 2.44 bits per heavy atom. The van der Waals surface area contributed by atoms with Crippen molar-refractivity contribution in [1.29, 1.82) is 0 Å². The van der Waals surface area contributed by atoms with Crippen LogP contribution in [0.25, 0.3) is 0 Å². The number of nitrogens with zero attached hydrogens (tertiary/aromatic N) is 3. The molecule has 1 fully saturated rings. The Morgan fingerprint density at radius 1 is 1.12 bits per heavy atom. The van der Waals surface area contributed by atoms with Crippen LogP contribution in [0.5, 0.6) is 0 Å². The van der Waals surface area contributed by atoms with Gasteiger partial charge in [-0.3, -0.25) is 9.78 Å². The van der Waals surface area contributed by atoms with Crippen LogP contribution in [0.3, 0.4) is 0 Å². The van der Waals surface area contributed by atoms with Gasteiger partial charge < -0.3 is 15.1 Å². The molecule has 6 heteroatoms. The molecule has 132 valence electrons. The molecule has 0 saturated carbocycles. The van der Waals surface area contributed by atoms with Crippen molar-refractivity contribution in [2.75, 3.05) is 42.5 Å². The van der Waals surface area contributed by atoms with Crippen molar-refractivity contribution in [3.63, 3.8) is 0 Å². The predicted molar refractivity (Wildman–Crippen MR) is 103 cm³/mol. The maximum absolute atomic E-state index is 12.1. The van der Waals surface area contributed by atoms with Crippen LogP contribution in [-0.2, 0) is 0 Å². The summed E-state index contributed by atoms with van der Waals surface area (Å²) in [5.74, 6) is -0.110. The Bertz CT molecular complexity index is 729. The number of pyridine rings is 1. The van der Waals surface area contributed by atoms with Crippen molar-refractivity contribution in [1.82, 2.24) is 10.3 Å². The molecule has 0 unspecified atom stereocenters. The van der Waals surface area contributed by atoms with Crippen molar-refractivity contribution in [3.8, 4) is 0 Å². The Kier molecular flexibility index (Phi) is 5.76. The van der Waals surface area contributed by atoms with Crippen LogP contribution in [0.15, 0.2) is 42.6 Å². The Balaban J connectivity index is 1.64. The Morgan fingerprint density at radius 2 is 1.80 bits per heavy atom. The third kappa shape index (κ3) is 4.42. The van der Waals surface area contributed by atoms with E-state index in [0.717, 1.165) is 49.0 Å². The van der Waals surface area contributed by atoms with E-state index >= 15 is 0 Å². The highest BCUT2D eigenvalue weighted by Gasteiger charge is 2.19. The van der Waals surface area contributed by atoms with Gasteiger partial charge in [-0.1, -0.05) is 24.6 Å². The summed E-state index contributed by atoms with van der Waals surface area (Å²) in [6, 6.07) is 11.8. The van der Waals surface area contributed by atoms with Crippen LogP contribution >= 0.6 is 11.6 Å². The molecule has 1 aromatic heterocycles. The minimum Gasteiger partial charge on any atom is -0.368 e. The third-order valence-corrected chi connectivity index (χ3v) is 4.56. The van der Waals surface area contributed by atoms with E-state index in [1.807, 2.05) is 37.3 Å². The van der Waals surface area contributed by atoms with Gasteiger partial charge in [-0.2, -0.15) is 0 Å². The molecular formula is C19H23ClN4O. The topological polar surface area (TPSA) is 48.5 Å². The lowest BCUT2D eigenvalue weighted by molar-refractivity contribution is 0.0948. The average molecular weight is 359 g/mol. The minimum atomic E-state index is -0.110. The van der Waals surface area contributed by atoms with Gasteiger partial charge in [0.25, 0.3) is 5.91 Å². The van der Waals surface area contributed by atoms with Gasteiger partial charge >= 0.3 is 0 Å². The van der Waals surface area contributed by atoms with E-state index in [0.29, 0.717) is 12.2 Å². The lowest BCUT2D eigenvalue weighted by Crippen LogP contribution is -2.46. The largest absolute Gasteiger partial charge is 0.368 e. The van der Waals surface area contributed by atoms with E-state index < -0.39 is 0 Å². The fraction of sp³-hybridized carbons (Fsp3) is 0.368. The number of carbonyl (C=O) groups excluding carboxylic acids is 1. The second-order valence-corrected chi connectivity index (χ2v) is 6.55. The molecule has 1 saturated heterocycles. The lowest BCUT2D eigenvalue weighted by Gasteiger charge is -2.37. The van der Waals surface area contributed by atoms with Gasteiger partial charge in [0, 0.05) is 55.3 Å². The number of nitrogens with one attached hydrogen (secondary N) is 1. The second-order valence-electron chi connectivity index (χ2n) is 6.11. The summed E-state index contributed by atoms with van der Waals surface area (Å²) in [6.07, 6.45) is 2.62. The predicted octanol–water partition coefficient (Wildman–Crippen LogP) is 3.20. The first-order valence-electron chi connectivity index (χ1n) is 8.67. The van der Waals surface area contributed by atoms with Gasteiger partial charge in [-0.05, 0) is 36.8 Å². The number of benzene rings is 1. The maximum Gasteiger partial charge on any atom is 0.269 e. The van der Waals surface area contributed by atoms with Crippen LogP contribution in [0.2, 0.25) is 5.02 Å². The number of piperazine rings is 1. The number of halogens is 1. The van der Waals surface area contributed by atoms with Gasteiger partial charge in [0.15, 0.2) is 0 Å². The fourth-order valence-corrected chi connectivity index (χ4v) is 3.15. The first-order chi connectivity index (χ1) is 12.2. The third-order valence-electron chi connectivity index (χ3n) is 4.33. The average Bonchev–Trinajstić information content (AvgIpc) is 2.66. The minimum absolute atomic E-state index is 0.110. The van der Waals surface area contributed by atoms with E-state index in [1.165, 1.54) is 0 Å². The monoisotopic (exact) mass is 358 g/mol. The number of anilines is 2. The van der Waals surface area contributed by atoms with Crippen LogP contribution < -0.4 is 15.1 Å². The van der Waals surface area contributed by atoms with Crippen molar-refractivity contribution in [2.45, 2.75) is 13.3 Å². The van der Waals surface area contributed by atoms with E-state index in [9.17, 15) is 4.79 Å². The molecule has 1 N–H and O–H groups in total. The van der Waals surface area contributed by atoms with Gasteiger partial charge in [0.05, 0.1) is 0 Å². The van der Waals surface area contributed by atoms with E-state index in [1.54, 1.807) is 6.20 Å². The molecule has 1 aromatic carbocycles. The Hall–Kier alpha value is -2.27. The van der Waals surface area contributed by atoms with Crippen molar-refractivity contribution < 1.29 is 4.79 Å². The lowest BCUT2D eigenvalue weighted by atomic mass is 10.2. The van der Waals surface area contributed by atoms with Gasteiger partial charge in [0.1, 0.15) is 5.69 Å². The summed E-state index contributed by atoms with van der Waals surface area (Å²) >= 11 is 6.09. The smallest absolute Gasteiger partial charge is 0.269 e. The molecule has 0 atom stereocenters. The molecule has 3 rings (SSSR count). The molecule has 0 spiro atoms. The van der Waals surface area contributed by atoms with Crippen molar-refractivity contribution in [2.24, 2.45) is 0 Å². The standard InChI is InChI=1S/C19H23ClN4O/c1-2-7-22-19(25)18-14-17(6-8-21-18)24-11-9-23(10-12-24)16-5-3-4-15(20)13-16/h3-6,8,13-14H,2,7,9-12H2,1H3,(H,22,25). The van der Waals surface area contributed by atoms with Crippen LogP contribution in [0, 0.1) is 0 Å². The van der Waals surface area contributed by atoms with Crippen LogP contribution in [0.4, 0.5) is 11.4 Å². The summed E-state index contributed by atoms with van der Waals surface area (Å²) in [6.45, 7) is 6.33. The van der Waals surface area contributed by atoms with E-state index in [4.69, 9.17) is 11.6 Å². The highest BCUT2D eigenvalue weighted by molar-refractivity contribution is 6.30.